The van der Waals surface area contributed by atoms with E-state index >= 15 is 0 Å². The van der Waals surface area contributed by atoms with Crippen LogP contribution in [0.3, 0.4) is 0 Å². The number of carbonyl (C=O) groups excluding carboxylic acids is 1. The Morgan fingerprint density at radius 1 is 1.00 bits per heavy atom. The number of piperidine rings is 1. The van der Waals surface area contributed by atoms with Crippen LogP contribution < -0.4 is 10.1 Å². The summed E-state index contributed by atoms with van der Waals surface area (Å²) in [5.41, 5.74) is 1.97. The summed E-state index contributed by atoms with van der Waals surface area (Å²) < 4.78 is 32.5. The van der Waals surface area contributed by atoms with Gasteiger partial charge in [-0.1, -0.05) is 33.3 Å². The summed E-state index contributed by atoms with van der Waals surface area (Å²) in [5, 5.41) is 2.89. The number of benzene rings is 2. The summed E-state index contributed by atoms with van der Waals surface area (Å²) in [6.07, 6.45) is 2.83. The lowest BCUT2D eigenvalue weighted by molar-refractivity contribution is 0.102. The van der Waals surface area contributed by atoms with Crippen molar-refractivity contribution >= 4 is 21.6 Å². The Bertz CT molecular complexity index is 1000. The molecule has 0 aromatic heterocycles. The maximum Gasteiger partial charge on any atom is 0.255 e. The third-order valence-electron chi connectivity index (χ3n) is 5.38. The number of ether oxygens (including phenoxy) is 1. The van der Waals surface area contributed by atoms with Crippen LogP contribution in [0.4, 0.5) is 5.69 Å². The molecule has 7 heteroatoms. The van der Waals surface area contributed by atoms with Crippen LogP contribution in [-0.2, 0) is 15.4 Å². The van der Waals surface area contributed by atoms with E-state index in [4.69, 9.17) is 4.74 Å². The lowest BCUT2D eigenvalue weighted by atomic mass is 9.87. The zero-order valence-corrected chi connectivity index (χ0v) is 18.9. The summed E-state index contributed by atoms with van der Waals surface area (Å²) >= 11 is 0. The van der Waals surface area contributed by atoms with Crippen molar-refractivity contribution in [3.63, 3.8) is 0 Å². The molecule has 0 bridgehead atoms. The van der Waals surface area contributed by atoms with Gasteiger partial charge in [0.05, 0.1) is 17.7 Å². The summed E-state index contributed by atoms with van der Waals surface area (Å²) in [5.74, 6) is 0.252. The van der Waals surface area contributed by atoms with Crippen molar-refractivity contribution in [3.8, 4) is 5.75 Å². The van der Waals surface area contributed by atoms with Crippen molar-refractivity contribution in [2.75, 3.05) is 25.5 Å². The number of nitrogens with one attached hydrogen (secondary N) is 1. The van der Waals surface area contributed by atoms with Crippen LogP contribution in [0.15, 0.2) is 47.4 Å². The Hall–Kier alpha value is -2.38. The molecule has 162 valence electrons. The van der Waals surface area contributed by atoms with E-state index < -0.39 is 10.0 Å². The number of hydrogen-bond donors (Lipinski definition) is 1. The van der Waals surface area contributed by atoms with Crippen molar-refractivity contribution < 1.29 is 17.9 Å². The Kier molecular flexibility index (Phi) is 6.53. The maximum absolute atomic E-state index is 12.8. The molecule has 0 radical (unpaired) electrons. The molecule has 6 nitrogen and oxygen atoms in total. The van der Waals surface area contributed by atoms with Gasteiger partial charge in [0, 0.05) is 18.7 Å². The second-order valence-corrected chi connectivity index (χ2v) is 10.5. The minimum atomic E-state index is -3.51. The van der Waals surface area contributed by atoms with E-state index in [2.05, 4.69) is 26.1 Å². The minimum Gasteiger partial charge on any atom is -0.495 e. The van der Waals surface area contributed by atoms with Gasteiger partial charge in [-0.05, 0) is 60.2 Å². The van der Waals surface area contributed by atoms with E-state index in [1.54, 1.807) is 19.2 Å². The second-order valence-electron chi connectivity index (χ2n) is 8.61. The molecule has 1 aliphatic rings. The van der Waals surface area contributed by atoms with Crippen LogP contribution in [0, 0.1) is 0 Å². The highest BCUT2D eigenvalue weighted by molar-refractivity contribution is 7.89. The van der Waals surface area contributed by atoms with Gasteiger partial charge in [-0.2, -0.15) is 4.31 Å². The minimum absolute atomic E-state index is 0.0732. The first-order chi connectivity index (χ1) is 14.1. The fourth-order valence-electron chi connectivity index (χ4n) is 3.50. The van der Waals surface area contributed by atoms with Crippen LogP contribution in [-0.4, -0.2) is 38.8 Å². The molecule has 0 aliphatic carbocycles. The van der Waals surface area contributed by atoms with Crippen molar-refractivity contribution in [2.45, 2.75) is 50.3 Å². The molecule has 3 rings (SSSR count). The van der Waals surface area contributed by atoms with Gasteiger partial charge in [-0.15, -0.1) is 0 Å². The van der Waals surface area contributed by atoms with E-state index in [1.807, 2.05) is 18.2 Å². The van der Waals surface area contributed by atoms with Crippen LogP contribution >= 0.6 is 0 Å². The molecule has 1 heterocycles. The Labute approximate surface area is 179 Å². The molecule has 0 spiro atoms. The second kappa shape index (κ2) is 8.78. The normalized spacial score (nSPS) is 15.6. The first kappa shape index (κ1) is 22.3. The molecule has 1 saturated heterocycles. The lowest BCUT2D eigenvalue weighted by Crippen LogP contribution is -2.35. The molecule has 1 aliphatic heterocycles. The van der Waals surface area contributed by atoms with Crippen molar-refractivity contribution in [1.29, 1.82) is 0 Å². The number of methoxy groups -OCH3 is 1. The Morgan fingerprint density at radius 2 is 1.63 bits per heavy atom. The van der Waals surface area contributed by atoms with Crippen molar-refractivity contribution in [3.05, 3.63) is 53.6 Å². The zero-order valence-electron chi connectivity index (χ0n) is 18.1. The smallest absolute Gasteiger partial charge is 0.255 e. The van der Waals surface area contributed by atoms with Crippen LogP contribution in [0.1, 0.15) is 56.0 Å². The first-order valence-corrected chi connectivity index (χ1v) is 11.7. The molecule has 1 N–H and O–H groups in total. The highest BCUT2D eigenvalue weighted by atomic mass is 32.2. The molecule has 2 aromatic rings. The van der Waals surface area contributed by atoms with Crippen molar-refractivity contribution in [2.24, 2.45) is 0 Å². The summed E-state index contributed by atoms with van der Waals surface area (Å²) in [4.78, 5) is 13.0. The number of rotatable bonds is 5. The average Bonchev–Trinajstić information content (AvgIpc) is 2.73. The van der Waals surface area contributed by atoms with E-state index in [0.29, 0.717) is 30.1 Å². The summed E-state index contributed by atoms with van der Waals surface area (Å²) in [7, 11) is -1.96. The van der Waals surface area contributed by atoms with Gasteiger partial charge < -0.3 is 10.1 Å². The fourth-order valence-corrected chi connectivity index (χ4v) is 5.02. The van der Waals surface area contributed by atoms with Gasteiger partial charge in [0.1, 0.15) is 5.75 Å². The maximum atomic E-state index is 12.8. The number of amides is 1. The molecule has 2 aromatic carbocycles. The van der Waals surface area contributed by atoms with Gasteiger partial charge in [0.25, 0.3) is 5.91 Å². The third-order valence-corrected chi connectivity index (χ3v) is 7.30. The monoisotopic (exact) mass is 430 g/mol. The molecule has 1 fully saturated rings. The number of sulfonamides is 1. The van der Waals surface area contributed by atoms with Gasteiger partial charge >= 0.3 is 0 Å². The topological polar surface area (TPSA) is 75.7 Å². The van der Waals surface area contributed by atoms with Crippen LogP contribution in [0.2, 0.25) is 0 Å². The van der Waals surface area contributed by atoms with Gasteiger partial charge in [-0.3, -0.25) is 4.79 Å². The third kappa shape index (κ3) is 4.84. The SMILES string of the molecule is COc1ccc(C(C)(C)C)cc1NC(=O)c1ccc(S(=O)(=O)N2CCCCC2)cc1. The number of hydrogen-bond acceptors (Lipinski definition) is 4. The highest BCUT2D eigenvalue weighted by Crippen LogP contribution is 2.32. The molecule has 0 saturated carbocycles. The van der Waals surface area contributed by atoms with Crippen molar-refractivity contribution in [1.82, 2.24) is 4.31 Å². The molecule has 0 atom stereocenters. The number of carbonyl (C=O) groups is 1. The Morgan fingerprint density at radius 3 is 2.20 bits per heavy atom. The molecular formula is C23H30N2O4S. The first-order valence-electron chi connectivity index (χ1n) is 10.2. The van der Waals surface area contributed by atoms with E-state index in [-0.39, 0.29) is 16.2 Å². The molecule has 1 amide bonds. The van der Waals surface area contributed by atoms with Crippen LogP contribution in [0.5, 0.6) is 5.75 Å². The highest BCUT2D eigenvalue weighted by Gasteiger charge is 2.26. The summed E-state index contributed by atoms with van der Waals surface area (Å²) in [6.45, 7) is 7.40. The van der Waals surface area contributed by atoms with E-state index in [9.17, 15) is 13.2 Å². The molecule has 0 unspecified atom stereocenters. The number of anilines is 1. The van der Waals surface area contributed by atoms with E-state index in [0.717, 1.165) is 24.8 Å². The van der Waals surface area contributed by atoms with E-state index in [1.165, 1.54) is 16.4 Å². The van der Waals surface area contributed by atoms with Gasteiger partial charge in [0.15, 0.2) is 0 Å². The zero-order chi connectivity index (χ0) is 21.9. The van der Waals surface area contributed by atoms with Crippen LogP contribution in [0.25, 0.3) is 0 Å². The average molecular weight is 431 g/mol. The fraction of sp³-hybridized carbons (Fsp3) is 0.435. The summed E-state index contributed by atoms with van der Waals surface area (Å²) in [6, 6.07) is 11.8. The standard InChI is InChI=1S/C23H30N2O4S/c1-23(2,3)18-10-13-21(29-4)20(16-18)24-22(26)17-8-11-19(12-9-17)30(27,28)25-14-6-5-7-15-25/h8-13,16H,5-7,14-15H2,1-4H3,(H,24,26). The quantitative estimate of drug-likeness (QED) is 0.762. The van der Waals surface area contributed by atoms with Gasteiger partial charge in [0.2, 0.25) is 10.0 Å². The lowest BCUT2D eigenvalue weighted by Gasteiger charge is -2.25. The van der Waals surface area contributed by atoms with Gasteiger partial charge in [-0.25, -0.2) is 8.42 Å². The number of nitrogens with zero attached hydrogens (tertiary/aromatic N) is 1. The predicted octanol–water partition coefficient (Wildman–Crippen LogP) is 4.42. The Balaban J connectivity index is 1.80. The molecule has 30 heavy (non-hydrogen) atoms. The predicted molar refractivity (Wildman–Crippen MR) is 119 cm³/mol. The molecular weight excluding hydrogens is 400 g/mol. The largest absolute Gasteiger partial charge is 0.495 e.